The molecule has 214 valence electrons. The Morgan fingerprint density at radius 2 is 1.56 bits per heavy atom. The molecule has 0 aliphatic heterocycles. The fourth-order valence-electron chi connectivity index (χ4n) is 4.40. The van der Waals surface area contributed by atoms with Crippen molar-refractivity contribution in [2.24, 2.45) is 0 Å². The highest BCUT2D eigenvalue weighted by atomic mass is 35.5. The summed E-state index contributed by atoms with van der Waals surface area (Å²) >= 11 is 24.4. The van der Waals surface area contributed by atoms with Crippen LogP contribution in [0.4, 0.5) is 4.79 Å². The predicted octanol–water partition coefficient (Wildman–Crippen LogP) is 5.40. The second-order valence-electron chi connectivity index (χ2n) is 9.25. The standard InChI is InChI=1S/C28H24Cl4N4O5/c29-18-7-5-14(9-19(18)30)12-33-25(37)16-10-20(31)24(21(32)11-16)26(38)35-23(27(39)40)13-34-28(41)36-22-8-6-15-3-1-2-4-17(15)22/h1-5,7,9-11,22-23H,6,8,12-13H2,(H,33,37)(H,35,38)(H,39,40)(H2,34,36,41)/t22-,23?/m1/s1. The topological polar surface area (TPSA) is 137 Å². The van der Waals surface area contributed by atoms with Crippen LogP contribution >= 0.6 is 46.4 Å². The summed E-state index contributed by atoms with van der Waals surface area (Å²) in [6, 6.07) is 12.9. The molecule has 1 aliphatic carbocycles. The normalized spacial score (nSPS) is 14.5. The summed E-state index contributed by atoms with van der Waals surface area (Å²) < 4.78 is 0. The summed E-state index contributed by atoms with van der Waals surface area (Å²) in [5.74, 6) is -2.78. The van der Waals surface area contributed by atoms with Crippen molar-refractivity contribution in [2.45, 2.75) is 31.5 Å². The highest BCUT2D eigenvalue weighted by Crippen LogP contribution is 2.30. The molecule has 0 radical (unpaired) electrons. The van der Waals surface area contributed by atoms with Gasteiger partial charge in [-0.15, -0.1) is 0 Å². The Kier molecular flexibility index (Phi) is 9.99. The summed E-state index contributed by atoms with van der Waals surface area (Å²) in [5, 5.41) is 20.3. The van der Waals surface area contributed by atoms with Crippen molar-refractivity contribution in [2.75, 3.05) is 6.54 Å². The van der Waals surface area contributed by atoms with E-state index in [0.29, 0.717) is 15.6 Å². The van der Waals surface area contributed by atoms with E-state index in [4.69, 9.17) is 46.4 Å². The zero-order valence-electron chi connectivity index (χ0n) is 21.3. The van der Waals surface area contributed by atoms with E-state index in [0.717, 1.165) is 24.0 Å². The van der Waals surface area contributed by atoms with Crippen molar-refractivity contribution >= 4 is 70.2 Å². The van der Waals surface area contributed by atoms with Gasteiger partial charge in [0, 0.05) is 12.1 Å². The van der Waals surface area contributed by atoms with Gasteiger partial charge in [0.1, 0.15) is 6.04 Å². The summed E-state index contributed by atoms with van der Waals surface area (Å²) in [7, 11) is 0. The van der Waals surface area contributed by atoms with E-state index >= 15 is 0 Å². The minimum absolute atomic E-state index is 0.0817. The fourth-order valence-corrected chi connectivity index (χ4v) is 5.38. The number of nitrogens with one attached hydrogen (secondary N) is 4. The lowest BCUT2D eigenvalue weighted by atomic mass is 10.1. The molecule has 0 fully saturated rings. The number of urea groups is 1. The van der Waals surface area contributed by atoms with E-state index in [-0.39, 0.29) is 33.8 Å². The van der Waals surface area contributed by atoms with E-state index in [9.17, 15) is 24.3 Å². The first-order chi connectivity index (χ1) is 19.5. The highest BCUT2D eigenvalue weighted by Gasteiger charge is 2.27. The minimum Gasteiger partial charge on any atom is -0.480 e. The maximum absolute atomic E-state index is 12.9. The third kappa shape index (κ3) is 7.62. The van der Waals surface area contributed by atoms with Gasteiger partial charge in [-0.1, -0.05) is 76.7 Å². The third-order valence-corrected chi connectivity index (χ3v) is 7.81. The molecule has 4 amide bonds. The largest absolute Gasteiger partial charge is 0.480 e. The Hall–Kier alpha value is -3.50. The second-order valence-corrected chi connectivity index (χ2v) is 10.9. The first-order valence-corrected chi connectivity index (χ1v) is 13.9. The number of benzene rings is 3. The van der Waals surface area contributed by atoms with Crippen LogP contribution in [0.15, 0.2) is 54.6 Å². The second kappa shape index (κ2) is 13.4. The van der Waals surface area contributed by atoms with Crippen LogP contribution in [0, 0.1) is 0 Å². The summed E-state index contributed by atoms with van der Waals surface area (Å²) in [4.78, 5) is 49.8. The number of amides is 4. The molecule has 13 heteroatoms. The molecule has 0 saturated heterocycles. The maximum Gasteiger partial charge on any atom is 0.328 e. The molecule has 1 unspecified atom stereocenters. The lowest BCUT2D eigenvalue weighted by Gasteiger charge is -2.19. The fraction of sp³-hybridized carbons (Fsp3) is 0.214. The molecule has 1 aliphatic rings. The van der Waals surface area contributed by atoms with Crippen LogP contribution in [0.25, 0.3) is 0 Å². The van der Waals surface area contributed by atoms with Crippen LogP contribution in [-0.2, 0) is 17.8 Å². The van der Waals surface area contributed by atoms with Crippen molar-refractivity contribution in [1.29, 1.82) is 0 Å². The molecular weight excluding hydrogens is 614 g/mol. The van der Waals surface area contributed by atoms with Gasteiger partial charge in [0.2, 0.25) is 0 Å². The van der Waals surface area contributed by atoms with Crippen molar-refractivity contribution in [1.82, 2.24) is 21.3 Å². The summed E-state index contributed by atoms with van der Waals surface area (Å²) in [6.45, 7) is -0.257. The van der Waals surface area contributed by atoms with Crippen LogP contribution in [0.2, 0.25) is 20.1 Å². The number of hydrogen-bond acceptors (Lipinski definition) is 4. The number of rotatable bonds is 9. The number of carboxylic acids is 1. The number of aliphatic carboxylic acids is 1. The van der Waals surface area contributed by atoms with E-state index in [2.05, 4.69) is 21.3 Å². The van der Waals surface area contributed by atoms with Gasteiger partial charge in [0.05, 0.1) is 38.2 Å². The molecule has 5 N–H and O–H groups in total. The SMILES string of the molecule is O=C(NCC(NC(=O)c1c(Cl)cc(C(=O)NCc2ccc(Cl)c(Cl)c2)cc1Cl)C(=O)O)N[C@@H]1CCc2ccccc21. The Morgan fingerprint density at radius 3 is 2.24 bits per heavy atom. The van der Waals surface area contributed by atoms with E-state index in [1.54, 1.807) is 18.2 Å². The highest BCUT2D eigenvalue weighted by molar-refractivity contribution is 6.42. The summed E-state index contributed by atoms with van der Waals surface area (Å²) in [5.41, 5.74) is 2.74. The lowest BCUT2D eigenvalue weighted by molar-refractivity contribution is -0.139. The molecule has 41 heavy (non-hydrogen) atoms. The van der Waals surface area contributed by atoms with Gasteiger partial charge in [-0.3, -0.25) is 9.59 Å². The predicted molar refractivity (Wildman–Crippen MR) is 157 cm³/mol. The number of hydrogen-bond donors (Lipinski definition) is 5. The monoisotopic (exact) mass is 636 g/mol. The van der Waals surface area contributed by atoms with Crippen molar-refractivity contribution in [3.05, 3.63) is 103 Å². The average molecular weight is 638 g/mol. The first-order valence-electron chi connectivity index (χ1n) is 12.4. The Labute approximate surface area is 255 Å². The number of carboxylic acid groups (broad SMARTS) is 1. The van der Waals surface area contributed by atoms with Gasteiger partial charge in [0.15, 0.2) is 0 Å². The number of carbonyl (C=O) groups excluding carboxylic acids is 3. The van der Waals surface area contributed by atoms with Gasteiger partial charge in [-0.05, 0) is 53.8 Å². The first kappa shape index (κ1) is 30.5. The molecule has 0 aromatic heterocycles. The van der Waals surface area contributed by atoms with Crippen LogP contribution in [0.3, 0.4) is 0 Å². The summed E-state index contributed by atoms with van der Waals surface area (Å²) in [6.07, 6.45) is 1.56. The van der Waals surface area contributed by atoms with E-state index < -0.39 is 36.4 Å². The van der Waals surface area contributed by atoms with Gasteiger partial charge >= 0.3 is 12.0 Å². The average Bonchev–Trinajstić information content (AvgIpc) is 3.33. The molecule has 4 rings (SSSR count). The van der Waals surface area contributed by atoms with E-state index in [1.807, 2.05) is 24.3 Å². The zero-order chi connectivity index (χ0) is 29.7. The molecular formula is C28H24Cl4N4O5. The number of fused-ring (bicyclic) bond motifs is 1. The Balaban J connectivity index is 1.35. The zero-order valence-corrected chi connectivity index (χ0v) is 24.3. The molecule has 3 aromatic carbocycles. The number of aryl methyl sites for hydroxylation is 1. The third-order valence-electron chi connectivity index (χ3n) is 6.48. The van der Waals surface area contributed by atoms with Gasteiger partial charge < -0.3 is 26.4 Å². The van der Waals surface area contributed by atoms with E-state index in [1.165, 1.54) is 12.1 Å². The quantitative estimate of drug-likeness (QED) is 0.214. The Morgan fingerprint density at radius 1 is 0.854 bits per heavy atom. The number of halogens is 4. The maximum atomic E-state index is 12.9. The molecule has 0 saturated carbocycles. The molecule has 9 nitrogen and oxygen atoms in total. The van der Waals surface area contributed by atoms with Crippen molar-refractivity contribution in [3.63, 3.8) is 0 Å². The Bertz CT molecular complexity index is 1490. The molecule has 0 spiro atoms. The number of carbonyl (C=O) groups is 4. The molecule has 0 bridgehead atoms. The van der Waals surface area contributed by atoms with Crippen LogP contribution in [0.5, 0.6) is 0 Å². The van der Waals surface area contributed by atoms with Crippen LogP contribution < -0.4 is 21.3 Å². The van der Waals surface area contributed by atoms with Gasteiger partial charge in [0.25, 0.3) is 11.8 Å². The van der Waals surface area contributed by atoms with Crippen LogP contribution in [-0.4, -0.2) is 41.5 Å². The van der Waals surface area contributed by atoms with Crippen molar-refractivity contribution < 1.29 is 24.3 Å². The van der Waals surface area contributed by atoms with Gasteiger partial charge in [-0.25, -0.2) is 9.59 Å². The lowest BCUT2D eigenvalue weighted by Crippen LogP contribution is -2.50. The van der Waals surface area contributed by atoms with Crippen LogP contribution in [0.1, 0.15) is 49.9 Å². The smallest absolute Gasteiger partial charge is 0.328 e. The molecule has 3 aromatic rings. The molecule has 2 atom stereocenters. The van der Waals surface area contributed by atoms with Gasteiger partial charge in [-0.2, -0.15) is 0 Å². The minimum atomic E-state index is -1.48. The van der Waals surface area contributed by atoms with Crippen molar-refractivity contribution in [3.8, 4) is 0 Å². The molecule has 0 heterocycles.